The topological polar surface area (TPSA) is 46.7 Å². The highest BCUT2D eigenvalue weighted by Crippen LogP contribution is 2.00. The lowest BCUT2D eigenvalue weighted by atomic mass is 10.3. The third-order valence-electron chi connectivity index (χ3n) is 2.54. The average Bonchev–Trinajstić information content (AvgIpc) is 2.27. The average molecular weight is 207 g/mol. The van der Waals surface area contributed by atoms with Gasteiger partial charge in [0.05, 0.1) is 12.6 Å². The van der Waals surface area contributed by atoms with E-state index >= 15 is 0 Å². The zero-order valence-electron chi connectivity index (χ0n) is 8.95. The van der Waals surface area contributed by atoms with Gasteiger partial charge in [-0.05, 0) is 0 Å². The summed E-state index contributed by atoms with van der Waals surface area (Å²) < 4.78 is 0. The summed E-state index contributed by atoms with van der Waals surface area (Å²) in [5, 5.41) is 11.4. The first kappa shape index (κ1) is 11.9. The second kappa shape index (κ2) is 7.19. The smallest absolute Gasteiger partial charge is 0.270 e. The first-order chi connectivity index (χ1) is 7.36. The Labute approximate surface area is 91.1 Å². The molecule has 0 saturated carbocycles. The summed E-state index contributed by atoms with van der Waals surface area (Å²) in [7, 11) is 0. The summed E-state index contributed by atoms with van der Waals surface area (Å²) in [6.45, 7) is 13.6. The minimum absolute atomic E-state index is 0.428. The number of nitrogens with one attached hydrogen (secondary N) is 1. The molecule has 0 aliphatic carbocycles. The van der Waals surface area contributed by atoms with Crippen molar-refractivity contribution in [3.8, 4) is 6.07 Å². The Morgan fingerprint density at radius 2 is 1.93 bits per heavy atom. The van der Waals surface area contributed by atoms with Gasteiger partial charge in [0.25, 0.3) is 6.67 Å². The Kier molecular flexibility index (Phi) is 5.72. The SMILES string of the molecule is [C-]#[N+]CN1CCN(CCNCC#N)CC1. The van der Waals surface area contributed by atoms with Crippen molar-refractivity contribution in [1.82, 2.24) is 15.1 Å². The van der Waals surface area contributed by atoms with E-state index in [4.69, 9.17) is 11.8 Å². The van der Waals surface area contributed by atoms with Gasteiger partial charge in [0, 0.05) is 39.3 Å². The summed E-state index contributed by atoms with van der Waals surface area (Å²) in [6, 6.07) is 2.06. The van der Waals surface area contributed by atoms with E-state index in [1.165, 1.54) is 0 Å². The maximum absolute atomic E-state index is 8.34. The molecular weight excluding hydrogens is 190 g/mol. The molecule has 0 spiro atoms. The van der Waals surface area contributed by atoms with Crippen LogP contribution in [0.5, 0.6) is 0 Å². The molecule has 1 heterocycles. The van der Waals surface area contributed by atoms with E-state index in [0.29, 0.717) is 13.2 Å². The van der Waals surface area contributed by atoms with E-state index in [-0.39, 0.29) is 0 Å². The van der Waals surface area contributed by atoms with Gasteiger partial charge in [-0.25, -0.2) is 11.5 Å². The zero-order chi connectivity index (χ0) is 10.9. The van der Waals surface area contributed by atoms with E-state index < -0.39 is 0 Å². The number of hydrogen-bond acceptors (Lipinski definition) is 4. The highest BCUT2D eigenvalue weighted by atomic mass is 15.3. The fourth-order valence-corrected chi connectivity index (χ4v) is 1.64. The molecule has 0 unspecified atom stereocenters. The van der Waals surface area contributed by atoms with Gasteiger partial charge in [0.15, 0.2) is 0 Å². The van der Waals surface area contributed by atoms with Crippen LogP contribution in [0.25, 0.3) is 4.85 Å². The van der Waals surface area contributed by atoms with Gasteiger partial charge < -0.3 is 5.32 Å². The summed E-state index contributed by atoms with van der Waals surface area (Å²) in [5.41, 5.74) is 0. The summed E-state index contributed by atoms with van der Waals surface area (Å²) in [5.74, 6) is 0. The molecule has 0 aromatic rings. The second-order valence-corrected chi connectivity index (χ2v) is 3.59. The van der Waals surface area contributed by atoms with Crippen LogP contribution in [-0.4, -0.2) is 62.3 Å². The van der Waals surface area contributed by atoms with Crippen molar-refractivity contribution in [1.29, 1.82) is 5.26 Å². The zero-order valence-corrected chi connectivity index (χ0v) is 8.95. The number of piperazine rings is 1. The fraction of sp³-hybridized carbons (Fsp3) is 0.800. The van der Waals surface area contributed by atoms with Gasteiger partial charge in [-0.15, -0.1) is 0 Å². The molecule has 0 atom stereocenters. The third kappa shape index (κ3) is 4.75. The highest BCUT2D eigenvalue weighted by molar-refractivity contribution is 4.76. The van der Waals surface area contributed by atoms with Gasteiger partial charge in [-0.2, -0.15) is 5.26 Å². The second-order valence-electron chi connectivity index (χ2n) is 3.59. The molecule has 0 aromatic heterocycles. The normalized spacial score (nSPS) is 18.3. The summed E-state index contributed by atoms with van der Waals surface area (Å²) in [6.07, 6.45) is 0. The summed E-state index contributed by atoms with van der Waals surface area (Å²) in [4.78, 5) is 7.92. The van der Waals surface area contributed by atoms with E-state index in [0.717, 1.165) is 39.3 Å². The number of nitrogens with zero attached hydrogens (tertiary/aromatic N) is 4. The molecule has 1 aliphatic rings. The third-order valence-corrected chi connectivity index (χ3v) is 2.54. The molecular formula is C10H17N5. The minimum atomic E-state index is 0.428. The Morgan fingerprint density at radius 3 is 2.53 bits per heavy atom. The lowest BCUT2D eigenvalue weighted by Crippen LogP contribution is -2.47. The molecule has 1 N–H and O–H groups in total. The van der Waals surface area contributed by atoms with Gasteiger partial charge in [-0.1, -0.05) is 0 Å². The predicted octanol–water partition coefficient (Wildman–Crippen LogP) is -0.406. The van der Waals surface area contributed by atoms with Crippen LogP contribution in [0.4, 0.5) is 0 Å². The van der Waals surface area contributed by atoms with Crippen molar-refractivity contribution in [2.45, 2.75) is 0 Å². The van der Waals surface area contributed by atoms with Crippen molar-refractivity contribution in [3.63, 3.8) is 0 Å². The van der Waals surface area contributed by atoms with Crippen molar-refractivity contribution >= 4 is 0 Å². The molecule has 1 rings (SSSR count). The van der Waals surface area contributed by atoms with Gasteiger partial charge in [0.2, 0.25) is 0 Å². The van der Waals surface area contributed by atoms with Crippen LogP contribution in [0.3, 0.4) is 0 Å². The number of nitriles is 1. The highest BCUT2D eigenvalue weighted by Gasteiger charge is 2.16. The molecule has 1 aliphatic heterocycles. The molecule has 0 bridgehead atoms. The van der Waals surface area contributed by atoms with Crippen molar-refractivity contribution in [3.05, 3.63) is 11.4 Å². The first-order valence-corrected chi connectivity index (χ1v) is 5.22. The largest absolute Gasteiger partial charge is 0.303 e. The molecule has 5 heteroatoms. The Bertz CT molecular complexity index is 241. The number of rotatable bonds is 5. The molecule has 1 fully saturated rings. The van der Waals surface area contributed by atoms with E-state index in [1.54, 1.807) is 0 Å². The van der Waals surface area contributed by atoms with Crippen LogP contribution in [0.2, 0.25) is 0 Å². The maximum Gasteiger partial charge on any atom is 0.270 e. The molecule has 15 heavy (non-hydrogen) atoms. The molecule has 0 amide bonds. The molecule has 82 valence electrons. The van der Waals surface area contributed by atoms with Crippen LogP contribution in [-0.2, 0) is 0 Å². The standard InChI is InChI=1S/C10H17N5/c1-12-10-15-8-6-14(7-9-15)5-4-13-3-2-11/h13H,3-10H2. The summed E-state index contributed by atoms with van der Waals surface area (Å²) >= 11 is 0. The van der Waals surface area contributed by atoms with E-state index in [9.17, 15) is 0 Å². The van der Waals surface area contributed by atoms with Crippen LogP contribution in [0, 0.1) is 17.9 Å². The molecule has 5 nitrogen and oxygen atoms in total. The van der Waals surface area contributed by atoms with Crippen molar-refractivity contribution in [2.75, 3.05) is 52.5 Å². The van der Waals surface area contributed by atoms with Gasteiger partial charge in [0.1, 0.15) is 0 Å². The van der Waals surface area contributed by atoms with Crippen LogP contribution in [0.1, 0.15) is 0 Å². The lowest BCUT2D eigenvalue weighted by Gasteiger charge is -2.31. The van der Waals surface area contributed by atoms with E-state index in [1.807, 2.05) is 0 Å². The lowest BCUT2D eigenvalue weighted by molar-refractivity contribution is 0.143. The predicted molar refractivity (Wildman–Crippen MR) is 58.0 cm³/mol. The van der Waals surface area contributed by atoms with Crippen molar-refractivity contribution < 1.29 is 0 Å². The van der Waals surface area contributed by atoms with Gasteiger partial charge in [-0.3, -0.25) is 9.74 Å². The fourth-order valence-electron chi connectivity index (χ4n) is 1.64. The van der Waals surface area contributed by atoms with Crippen molar-refractivity contribution in [2.24, 2.45) is 0 Å². The molecule has 1 saturated heterocycles. The quantitative estimate of drug-likeness (QED) is 0.378. The van der Waals surface area contributed by atoms with Crippen LogP contribution < -0.4 is 5.32 Å². The Hall–Kier alpha value is -1.14. The number of hydrogen-bond donors (Lipinski definition) is 1. The Balaban J connectivity index is 2.05. The first-order valence-electron chi connectivity index (χ1n) is 5.22. The monoisotopic (exact) mass is 207 g/mol. The molecule has 0 radical (unpaired) electrons. The van der Waals surface area contributed by atoms with Crippen LogP contribution in [0.15, 0.2) is 0 Å². The van der Waals surface area contributed by atoms with E-state index in [2.05, 4.69) is 26.0 Å². The molecule has 0 aromatic carbocycles. The maximum atomic E-state index is 8.34. The van der Waals surface area contributed by atoms with Crippen LogP contribution >= 0.6 is 0 Å². The van der Waals surface area contributed by atoms with Gasteiger partial charge >= 0.3 is 0 Å². The Morgan fingerprint density at radius 1 is 1.27 bits per heavy atom. The minimum Gasteiger partial charge on any atom is -0.303 e.